The Morgan fingerprint density at radius 1 is 0.462 bits per heavy atom. The zero-order valence-corrected chi connectivity index (χ0v) is 76.7. The second kappa shape index (κ2) is 49.1. The number of H-pyrrole nitrogens is 1. The fourth-order valence-electron chi connectivity index (χ4n) is 15.7. The minimum absolute atomic E-state index is 0.0342. The molecule has 0 radical (unpaired) electrons. The lowest BCUT2D eigenvalue weighted by Gasteiger charge is -2.37. The average molecular weight is 1830 g/mol. The van der Waals surface area contributed by atoms with E-state index < -0.39 is 199 Å². The Labute approximate surface area is 771 Å². The molecule has 1 saturated heterocycles. The second-order valence-corrected chi connectivity index (χ2v) is 35.1. The minimum Gasteiger partial charge on any atom is -0.508 e. The largest absolute Gasteiger partial charge is 0.508 e. The van der Waals surface area contributed by atoms with Crippen molar-refractivity contribution in [3.63, 3.8) is 0 Å². The molecule has 1 aromatic heterocycles. The van der Waals surface area contributed by atoms with Crippen LogP contribution in [0.1, 0.15) is 100 Å². The first-order valence-corrected chi connectivity index (χ1v) is 45.1. The van der Waals surface area contributed by atoms with E-state index in [1.165, 1.54) is 69.3 Å². The van der Waals surface area contributed by atoms with Gasteiger partial charge in [0.15, 0.2) is 0 Å². The van der Waals surface area contributed by atoms with E-state index in [9.17, 15) is 43.8 Å². The third-order valence-corrected chi connectivity index (χ3v) is 24.0. The molecule has 0 spiro atoms. The lowest BCUT2D eigenvalue weighted by Crippen LogP contribution is -2.61. The first kappa shape index (κ1) is 102. The number of primary amides is 1. The predicted octanol–water partition coefficient (Wildman–Crippen LogP) is 3.77. The second-order valence-electron chi connectivity index (χ2n) is 34.1. The van der Waals surface area contributed by atoms with Crippen molar-refractivity contribution >= 4 is 128 Å². The summed E-state index contributed by atoms with van der Waals surface area (Å²) >= 11 is 0.847. The molecule has 1 aliphatic rings. The van der Waals surface area contributed by atoms with Crippen molar-refractivity contribution in [2.75, 3.05) is 66.4 Å². The molecule has 132 heavy (non-hydrogen) atoms. The number of carbonyl (C=O) groups excluding carboxylic acids is 15. The number of nitrogens with one attached hydrogen (secondary N) is 10. The molecule has 1 fully saturated rings. The number of phenols is 1. The van der Waals surface area contributed by atoms with Gasteiger partial charge in [0.2, 0.25) is 88.6 Å². The van der Waals surface area contributed by atoms with E-state index in [1.807, 2.05) is 43.3 Å². The van der Waals surface area contributed by atoms with E-state index in [-0.39, 0.29) is 68.8 Å². The highest BCUT2D eigenvalue weighted by Crippen LogP contribution is 2.25. The number of fused-ring (bicyclic) bond motifs is 2. The maximum absolute atomic E-state index is 15.6. The van der Waals surface area contributed by atoms with Gasteiger partial charge in [0, 0.05) is 96.6 Å². The van der Waals surface area contributed by atoms with Crippen molar-refractivity contribution < 1.29 is 86.9 Å². The number of carbonyl (C=O) groups is 16. The van der Waals surface area contributed by atoms with Gasteiger partial charge in [-0.25, -0.2) is 0 Å². The number of hydrogen-bond acceptors (Lipinski definition) is 18. The average Bonchev–Trinajstić information content (AvgIpc) is 1.43. The van der Waals surface area contributed by atoms with Gasteiger partial charge in [-0.3, -0.25) is 76.7 Å². The number of aliphatic carboxylic acids is 1. The predicted molar refractivity (Wildman–Crippen MR) is 498 cm³/mol. The molecule has 1 aliphatic heterocycles. The van der Waals surface area contributed by atoms with Crippen molar-refractivity contribution in [3.05, 3.63) is 222 Å². The SMILES string of the molecule is CCCC[C@H]1C(=O)N(C)CC(=O)N[C@@H](CC(=O)O)C(=O)N[C@@H](C(C)C)C(=O)N(C)[C@@H](Cc2ccccc2)C(=O)N[C@@H](Cc2ccc(O)cc2)C(=O)N(C)CC(=O)N[C@@H](Cc2c[nH]c3ccccc23)C(=O)N[C@@H](Cc2ccc3ccccc3c2)C(=O)N[C@@H](CC(C)C)C(=O)N[C@H](C(=O)NCC(N)=O)CSCC(=O)N[C@@H](Cc2ccccc2)C(=O)N(C)[C@@H](Cc2ccccc2)C(=O)N1C. The summed E-state index contributed by atoms with van der Waals surface area (Å²) in [6.07, 6.45) is 0.302. The fraction of sp³-hybridized carbons (Fsp3) is 0.402. The van der Waals surface area contributed by atoms with E-state index in [4.69, 9.17) is 5.73 Å². The van der Waals surface area contributed by atoms with Crippen LogP contribution in [0.3, 0.4) is 0 Å². The number of carboxylic acids is 1. The van der Waals surface area contributed by atoms with Crippen molar-refractivity contribution in [3.8, 4) is 5.75 Å². The van der Waals surface area contributed by atoms with Crippen LogP contribution >= 0.6 is 11.8 Å². The van der Waals surface area contributed by atoms with Crippen LogP contribution in [-0.4, -0.2) is 267 Å². The number of unbranched alkanes of at least 4 members (excludes halogenated alkanes) is 1. The maximum Gasteiger partial charge on any atom is 0.305 e. The standard InChI is InChI=1S/C97H120N16O18S/c1-11-12-36-78-95(129)110(7)55-83(117)102-74(51-85(119)120)91(125)108-86(59(4)5)97(131)112(9)79(48-61-28-18-14-19-29-61)92(126)106-75(46-63-38-41-68(114)42-39-63)93(127)109(6)54-82(116)101-73(50-67-52-99-70-35-25-24-34-69(67)70)90(124)105-72(47-64-37-40-65-32-22-23-33-66(65)44-64)89(123)104-71(43-58(2)3)88(122)107-77(87(121)100-53-81(98)115)56-132-57-84(118)103-76(45-60-26-16-13-17-27-60)94(128)113(10)80(96(130)111(78)8)49-62-30-20-15-21-31-62/h13-35,37-42,44,52,58-59,71-80,86,99,114H,11-12,36,43,45-51,53-57H2,1-10H3,(H2,98,115)(H,100,121)(H,101,116)(H,102,117)(H,103,118)(H,104,123)(H,105,124)(H,106,126)(H,107,122)(H,108,125)(H,119,120)/t71-,72-,73-,74-,75-,76-,77-,78-,79-,80-,86-/m0/s1. The number of nitrogens with two attached hydrogens (primary N) is 1. The monoisotopic (exact) mass is 1830 g/mol. The molecule has 0 saturated carbocycles. The zero-order valence-electron chi connectivity index (χ0n) is 75.9. The Morgan fingerprint density at radius 2 is 0.939 bits per heavy atom. The van der Waals surface area contributed by atoms with Gasteiger partial charge in [-0.05, 0) is 87.0 Å². The van der Waals surface area contributed by atoms with Gasteiger partial charge < -0.3 is 93.3 Å². The Bertz CT molecular complexity index is 5390. The topological polar surface area (TPSA) is 480 Å². The van der Waals surface area contributed by atoms with E-state index in [0.29, 0.717) is 57.1 Å². The number of nitrogens with zero attached hydrogens (tertiary/aromatic N) is 5. The molecule has 7 aromatic carbocycles. The fourth-order valence-corrected chi connectivity index (χ4v) is 16.5. The number of para-hydroxylation sites is 1. The van der Waals surface area contributed by atoms with Gasteiger partial charge in [0.25, 0.3) is 0 Å². The van der Waals surface area contributed by atoms with Crippen LogP contribution in [0.25, 0.3) is 21.7 Å². The van der Waals surface area contributed by atoms with Crippen molar-refractivity contribution in [1.29, 1.82) is 0 Å². The number of carboxylic acid groups (broad SMARTS) is 1. The van der Waals surface area contributed by atoms with Gasteiger partial charge in [0.1, 0.15) is 72.2 Å². The minimum atomic E-state index is -1.90. The van der Waals surface area contributed by atoms with Crippen molar-refractivity contribution in [2.45, 2.75) is 172 Å². The quantitative estimate of drug-likeness (QED) is 0.0433. The summed E-state index contributed by atoms with van der Waals surface area (Å²) in [5, 5.41) is 47.3. The molecule has 2 heterocycles. The molecule has 0 aliphatic carbocycles. The number of amides is 15. The number of likely N-dealkylation sites (N-methyl/N-ethyl adjacent to an activating group) is 5. The molecule has 0 unspecified atom stereocenters. The number of aromatic hydroxyl groups is 1. The Balaban J connectivity index is 1.12. The van der Waals surface area contributed by atoms with Gasteiger partial charge in [-0.2, -0.15) is 0 Å². The maximum atomic E-state index is 15.6. The lowest BCUT2D eigenvalue weighted by atomic mass is 9.98. The molecular formula is C97H120N16O18S. The molecule has 14 N–H and O–H groups in total. The summed E-state index contributed by atoms with van der Waals surface area (Å²) in [6.45, 7) is 6.28. The van der Waals surface area contributed by atoms with Crippen LogP contribution in [0, 0.1) is 11.8 Å². The molecule has 9 rings (SSSR count). The summed E-state index contributed by atoms with van der Waals surface area (Å²) in [5.41, 5.74) is 9.37. The number of hydrogen-bond donors (Lipinski definition) is 13. The van der Waals surface area contributed by atoms with Crippen LogP contribution in [0.5, 0.6) is 5.75 Å². The van der Waals surface area contributed by atoms with E-state index in [0.717, 1.165) is 37.2 Å². The van der Waals surface area contributed by atoms with E-state index in [1.54, 1.807) is 155 Å². The van der Waals surface area contributed by atoms with Gasteiger partial charge >= 0.3 is 5.97 Å². The number of thioether (sulfide) groups is 1. The zero-order chi connectivity index (χ0) is 96.0. The van der Waals surface area contributed by atoms with Gasteiger partial charge in [-0.1, -0.05) is 211 Å². The molecule has 35 heteroatoms. The Hall–Kier alpha value is -14.0. The third-order valence-electron chi connectivity index (χ3n) is 22.9. The van der Waals surface area contributed by atoms with Crippen LogP contribution in [0.15, 0.2) is 188 Å². The van der Waals surface area contributed by atoms with Gasteiger partial charge in [-0.15, -0.1) is 11.8 Å². The molecule has 11 atom stereocenters. The number of rotatable bonds is 23. The highest BCUT2D eigenvalue weighted by Gasteiger charge is 2.42. The smallest absolute Gasteiger partial charge is 0.305 e. The van der Waals surface area contributed by atoms with Crippen LogP contribution in [0.2, 0.25) is 0 Å². The number of aromatic nitrogens is 1. The highest BCUT2D eigenvalue weighted by atomic mass is 32.2. The normalized spacial score (nSPS) is 21.7. The lowest BCUT2D eigenvalue weighted by molar-refractivity contribution is -0.151. The van der Waals surface area contributed by atoms with Crippen LogP contribution < -0.4 is 53.6 Å². The van der Waals surface area contributed by atoms with Crippen LogP contribution in [0.4, 0.5) is 0 Å². The third kappa shape index (κ3) is 29.8. The van der Waals surface area contributed by atoms with Crippen molar-refractivity contribution in [1.82, 2.24) is 77.3 Å². The van der Waals surface area contributed by atoms with Gasteiger partial charge in [0.05, 0.1) is 31.8 Å². The number of phenolic OH excluding ortho intramolecular Hbond substituents is 1. The van der Waals surface area contributed by atoms with E-state index in [2.05, 4.69) is 52.8 Å². The molecule has 15 amide bonds. The first-order valence-electron chi connectivity index (χ1n) is 43.9. The summed E-state index contributed by atoms with van der Waals surface area (Å²) in [6, 6.07) is 34.8. The summed E-state index contributed by atoms with van der Waals surface area (Å²) in [4.78, 5) is 245. The molecular weight excluding hydrogens is 1710 g/mol. The first-order chi connectivity index (χ1) is 62.9. The highest BCUT2D eigenvalue weighted by molar-refractivity contribution is 8.00. The molecule has 34 nitrogen and oxygen atoms in total. The summed E-state index contributed by atoms with van der Waals surface area (Å²) < 4.78 is 0. The number of aromatic amines is 1. The van der Waals surface area contributed by atoms with Crippen molar-refractivity contribution in [2.24, 2.45) is 17.6 Å². The molecule has 0 bridgehead atoms. The summed E-state index contributed by atoms with van der Waals surface area (Å²) in [5.74, 6) is -17.0. The molecule has 8 aromatic rings. The Kier molecular flexibility index (Phi) is 37.9. The van der Waals surface area contributed by atoms with E-state index >= 15 is 43.2 Å². The summed E-state index contributed by atoms with van der Waals surface area (Å²) in [7, 11) is 6.59. The number of benzene rings is 7. The molecule has 702 valence electrons. The Morgan fingerprint density at radius 3 is 1.53 bits per heavy atom. The van der Waals surface area contributed by atoms with Crippen LogP contribution in [-0.2, 0) is 115 Å².